The van der Waals surface area contributed by atoms with E-state index < -0.39 is 5.95 Å². The first-order valence-electron chi connectivity index (χ1n) is 9.95. The molecule has 0 bridgehead atoms. The van der Waals surface area contributed by atoms with Crippen LogP contribution in [0.15, 0.2) is 60.2 Å². The molecule has 5 rings (SSSR count). The molecule has 0 aliphatic carbocycles. The number of rotatable bonds is 5. The van der Waals surface area contributed by atoms with E-state index in [2.05, 4.69) is 44.3 Å². The highest BCUT2D eigenvalue weighted by atomic mass is 19.1. The zero-order valence-electron chi connectivity index (χ0n) is 16.7. The fraction of sp³-hybridized carbons (Fsp3) is 0.182. The van der Waals surface area contributed by atoms with Gasteiger partial charge in [0.05, 0.1) is 12.2 Å². The molecule has 0 amide bonds. The Balaban J connectivity index is 1.61. The minimum absolute atomic E-state index is 0.237. The Kier molecular flexibility index (Phi) is 4.79. The molecule has 0 atom stereocenters. The minimum atomic E-state index is -0.645. The molecule has 156 valence electrons. The number of hydrogen-bond donors (Lipinski definition) is 2. The van der Waals surface area contributed by atoms with E-state index in [1.54, 1.807) is 16.8 Å². The summed E-state index contributed by atoms with van der Waals surface area (Å²) in [6.45, 7) is 5.77. The standard InChI is InChI=1S/C22H20FN7O/c1-2-9-29-21(31)18-13-26-22(27-16-4-3-15-12-24-7-5-14(15)10-16)28-20(18)30(29)17-6-8-25-19(23)11-17/h2-4,6,8,10-11,13,24H,1,5,7,9,12H2,(H,26,27,28). The van der Waals surface area contributed by atoms with E-state index in [9.17, 15) is 9.18 Å². The number of hydrogen-bond acceptors (Lipinski definition) is 6. The average molecular weight is 417 g/mol. The van der Waals surface area contributed by atoms with Crippen molar-refractivity contribution in [2.24, 2.45) is 0 Å². The quantitative estimate of drug-likeness (QED) is 0.383. The predicted octanol–water partition coefficient (Wildman–Crippen LogP) is 2.69. The Labute approximate surface area is 177 Å². The topological polar surface area (TPSA) is 89.7 Å². The van der Waals surface area contributed by atoms with Gasteiger partial charge in [0, 0.05) is 30.7 Å². The van der Waals surface area contributed by atoms with Gasteiger partial charge in [-0.15, -0.1) is 6.58 Å². The molecule has 1 aliphatic heterocycles. The largest absolute Gasteiger partial charge is 0.324 e. The molecule has 31 heavy (non-hydrogen) atoms. The van der Waals surface area contributed by atoms with E-state index in [0.717, 1.165) is 25.2 Å². The van der Waals surface area contributed by atoms with Gasteiger partial charge in [-0.25, -0.2) is 19.3 Å². The molecule has 0 spiro atoms. The van der Waals surface area contributed by atoms with Gasteiger partial charge < -0.3 is 10.6 Å². The Bertz CT molecular complexity index is 1360. The highest BCUT2D eigenvalue weighted by Crippen LogP contribution is 2.22. The van der Waals surface area contributed by atoms with Gasteiger partial charge in [-0.05, 0) is 42.3 Å². The van der Waals surface area contributed by atoms with Crippen molar-refractivity contribution in [3.05, 3.63) is 82.8 Å². The number of fused-ring (bicyclic) bond motifs is 2. The molecule has 0 fully saturated rings. The summed E-state index contributed by atoms with van der Waals surface area (Å²) in [5.74, 6) is -0.298. The maximum absolute atomic E-state index is 13.8. The van der Waals surface area contributed by atoms with Gasteiger partial charge >= 0.3 is 0 Å². The third kappa shape index (κ3) is 3.49. The van der Waals surface area contributed by atoms with Gasteiger partial charge in [0.2, 0.25) is 11.9 Å². The zero-order chi connectivity index (χ0) is 21.4. The van der Waals surface area contributed by atoms with E-state index >= 15 is 0 Å². The lowest BCUT2D eigenvalue weighted by Gasteiger charge is -2.18. The average Bonchev–Trinajstić information content (AvgIpc) is 3.05. The maximum Gasteiger partial charge on any atom is 0.278 e. The van der Waals surface area contributed by atoms with E-state index in [0.29, 0.717) is 22.7 Å². The Morgan fingerprint density at radius 2 is 2.13 bits per heavy atom. The van der Waals surface area contributed by atoms with Gasteiger partial charge in [-0.2, -0.15) is 9.37 Å². The Hall–Kier alpha value is -3.85. The predicted molar refractivity (Wildman–Crippen MR) is 116 cm³/mol. The van der Waals surface area contributed by atoms with Gasteiger partial charge in [0.15, 0.2) is 5.65 Å². The molecule has 0 saturated heterocycles. The van der Waals surface area contributed by atoms with E-state index in [-0.39, 0.29) is 12.1 Å². The second-order valence-corrected chi connectivity index (χ2v) is 7.29. The number of allylic oxidation sites excluding steroid dienone is 1. The zero-order valence-corrected chi connectivity index (χ0v) is 16.7. The Morgan fingerprint density at radius 3 is 2.97 bits per heavy atom. The minimum Gasteiger partial charge on any atom is -0.324 e. The number of benzene rings is 1. The van der Waals surface area contributed by atoms with Crippen LogP contribution in [0, 0.1) is 5.95 Å². The van der Waals surface area contributed by atoms with Crippen molar-refractivity contribution in [2.75, 3.05) is 11.9 Å². The number of pyridine rings is 1. The number of nitrogens with zero attached hydrogens (tertiary/aromatic N) is 5. The third-order valence-electron chi connectivity index (χ3n) is 5.28. The van der Waals surface area contributed by atoms with Gasteiger partial charge in [-0.1, -0.05) is 12.1 Å². The second-order valence-electron chi connectivity index (χ2n) is 7.29. The maximum atomic E-state index is 13.8. The van der Waals surface area contributed by atoms with Crippen LogP contribution in [-0.4, -0.2) is 30.9 Å². The van der Waals surface area contributed by atoms with Gasteiger partial charge in [-0.3, -0.25) is 4.79 Å². The molecule has 3 aromatic heterocycles. The molecule has 0 unspecified atom stereocenters. The highest BCUT2D eigenvalue weighted by molar-refractivity contribution is 5.77. The first-order chi connectivity index (χ1) is 15.1. The third-order valence-corrected chi connectivity index (χ3v) is 5.28. The van der Waals surface area contributed by atoms with Crippen molar-refractivity contribution < 1.29 is 4.39 Å². The van der Waals surface area contributed by atoms with Crippen LogP contribution in [0.5, 0.6) is 0 Å². The summed E-state index contributed by atoms with van der Waals surface area (Å²) in [5.41, 5.74) is 3.97. The molecule has 4 aromatic rings. The summed E-state index contributed by atoms with van der Waals surface area (Å²) in [5, 5.41) is 6.91. The number of aromatic nitrogens is 5. The van der Waals surface area contributed by atoms with Crippen LogP contribution in [-0.2, 0) is 19.5 Å². The number of halogens is 1. The smallest absolute Gasteiger partial charge is 0.278 e. The molecular weight excluding hydrogens is 397 g/mol. The van der Waals surface area contributed by atoms with Crippen LogP contribution >= 0.6 is 0 Å². The van der Waals surface area contributed by atoms with Crippen LogP contribution in [0.1, 0.15) is 11.1 Å². The van der Waals surface area contributed by atoms with Crippen molar-refractivity contribution in [2.45, 2.75) is 19.5 Å². The monoisotopic (exact) mass is 417 g/mol. The highest BCUT2D eigenvalue weighted by Gasteiger charge is 2.18. The second kappa shape index (κ2) is 7.77. The summed E-state index contributed by atoms with van der Waals surface area (Å²) in [4.78, 5) is 25.4. The molecule has 1 aliphatic rings. The fourth-order valence-electron chi connectivity index (χ4n) is 3.85. The summed E-state index contributed by atoms with van der Waals surface area (Å²) in [6, 6.07) is 9.03. The SMILES string of the molecule is C=CCn1c(=O)c2cnc(Nc3ccc4c(c3)CCNC4)nc2n1-c1ccnc(F)c1. The van der Waals surface area contributed by atoms with Crippen LogP contribution < -0.4 is 16.2 Å². The van der Waals surface area contributed by atoms with Crippen molar-refractivity contribution >= 4 is 22.7 Å². The van der Waals surface area contributed by atoms with Gasteiger partial charge in [0.1, 0.15) is 5.39 Å². The fourth-order valence-corrected chi connectivity index (χ4v) is 3.85. The molecule has 1 aromatic carbocycles. The molecule has 2 N–H and O–H groups in total. The van der Waals surface area contributed by atoms with Crippen molar-refractivity contribution in [1.82, 2.24) is 29.6 Å². The molecule has 8 nitrogen and oxygen atoms in total. The van der Waals surface area contributed by atoms with Crippen molar-refractivity contribution in [3.63, 3.8) is 0 Å². The lowest BCUT2D eigenvalue weighted by atomic mass is 10.0. The van der Waals surface area contributed by atoms with Crippen LogP contribution in [0.25, 0.3) is 16.7 Å². The van der Waals surface area contributed by atoms with Crippen molar-refractivity contribution in [3.8, 4) is 5.69 Å². The van der Waals surface area contributed by atoms with Crippen molar-refractivity contribution in [1.29, 1.82) is 0 Å². The number of nitrogens with one attached hydrogen (secondary N) is 2. The van der Waals surface area contributed by atoms with E-state index in [1.165, 1.54) is 34.3 Å². The first kappa shape index (κ1) is 19.1. The molecule has 9 heteroatoms. The van der Waals surface area contributed by atoms with E-state index in [4.69, 9.17) is 0 Å². The lowest BCUT2D eigenvalue weighted by molar-refractivity contribution is 0.570. The molecule has 0 radical (unpaired) electrons. The number of anilines is 2. The van der Waals surface area contributed by atoms with Crippen LogP contribution in [0.2, 0.25) is 0 Å². The lowest BCUT2D eigenvalue weighted by Crippen LogP contribution is -2.23. The summed E-state index contributed by atoms with van der Waals surface area (Å²) in [7, 11) is 0. The molecule has 0 saturated carbocycles. The normalized spacial score (nSPS) is 13.2. The van der Waals surface area contributed by atoms with Crippen LogP contribution in [0.3, 0.4) is 0 Å². The summed E-state index contributed by atoms with van der Waals surface area (Å²) < 4.78 is 16.8. The molecule has 4 heterocycles. The summed E-state index contributed by atoms with van der Waals surface area (Å²) >= 11 is 0. The first-order valence-corrected chi connectivity index (χ1v) is 9.95. The summed E-state index contributed by atoms with van der Waals surface area (Å²) in [6.07, 6.45) is 5.40. The Morgan fingerprint density at radius 1 is 1.23 bits per heavy atom. The van der Waals surface area contributed by atoms with Crippen LogP contribution in [0.4, 0.5) is 16.0 Å². The van der Waals surface area contributed by atoms with Gasteiger partial charge in [0.25, 0.3) is 5.56 Å². The van der Waals surface area contributed by atoms with E-state index in [1.807, 2.05) is 6.07 Å². The molecular formula is C22H20FN7O.